The van der Waals surface area contributed by atoms with Crippen molar-refractivity contribution in [3.8, 4) is 0 Å². The first-order valence-electron chi connectivity index (χ1n) is 5.89. The number of rotatable bonds is 1. The maximum atomic E-state index is 11.6. The van der Waals surface area contributed by atoms with Crippen molar-refractivity contribution in [1.82, 2.24) is 10.6 Å². The number of amides is 2. The Morgan fingerprint density at radius 3 is 2.76 bits per heavy atom. The third-order valence-corrected chi connectivity index (χ3v) is 3.89. The van der Waals surface area contributed by atoms with Crippen LogP contribution < -0.4 is 10.6 Å². The number of aliphatic imine (C=N–C) groups is 1. The number of imide groups is 1. The Morgan fingerprint density at radius 2 is 2.12 bits per heavy atom. The highest BCUT2D eigenvalue weighted by molar-refractivity contribution is 8.14. The number of nitrogens with zero attached hydrogens (tertiary/aromatic N) is 1. The van der Waals surface area contributed by atoms with E-state index in [4.69, 9.17) is 0 Å². The molecule has 2 rings (SSSR count). The Kier molecular flexibility index (Phi) is 3.71. The van der Waals surface area contributed by atoms with Crippen molar-refractivity contribution in [1.29, 1.82) is 0 Å². The van der Waals surface area contributed by atoms with E-state index in [-0.39, 0.29) is 11.8 Å². The van der Waals surface area contributed by atoms with Crippen molar-refractivity contribution < 1.29 is 9.59 Å². The second-order valence-electron chi connectivity index (χ2n) is 4.61. The molecule has 0 saturated carbocycles. The van der Waals surface area contributed by atoms with Crippen molar-refractivity contribution in [2.75, 3.05) is 0 Å². The summed E-state index contributed by atoms with van der Waals surface area (Å²) in [5, 5.41) is 6.93. The first-order valence-corrected chi connectivity index (χ1v) is 6.77. The minimum Gasteiger partial charge on any atom is -0.362 e. The molecule has 2 fully saturated rings. The van der Waals surface area contributed by atoms with Crippen LogP contribution in [-0.4, -0.2) is 34.3 Å². The zero-order chi connectivity index (χ0) is 12.4. The Bertz CT molecular complexity index is 358. The highest BCUT2D eigenvalue weighted by Gasteiger charge is 2.28. The van der Waals surface area contributed by atoms with Crippen LogP contribution >= 0.6 is 11.8 Å². The fourth-order valence-corrected chi connectivity index (χ4v) is 3.28. The summed E-state index contributed by atoms with van der Waals surface area (Å²) in [6, 6.07) is -0.0292. The van der Waals surface area contributed by atoms with Crippen molar-refractivity contribution in [2.45, 2.75) is 50.4 Å². The standard InChI is InChI=1S/C11H17N3O2S/c1-6-5-7(2)17-11(12-6)13-8-3-4-9(15)14-10(8)16/h6-8H,3-5H2,1-2H3,(H,12,13)(H,14,15,16). The largest absolute Gasteiger partial charge is 0.362 e. The Morgan fingerprint density at radius 1 is 1.35 bits per heavy atom. The Hall–Kier alpha value is -1.04. The van der Waals surface area contributed by atoms with E-state index in [9.17, 15) is 9.59 Å². The summed E-state index contributed by atoms with van der Waals surface area (Å²) in [6.45, 7) is 4.26. The molecule has 0 aromatic heterocycles. The van der Waals surface area contributed by atoms with Crippen molar-refractivity contribution in [2.24, 2.45) is 4.99 Å². The lowest BCUT2D eigenvalue weighted by molar-refractivity contribution is -0.133. The van der Waals surface area contributed by atoms with Gasteiger partial charge in [0, 0.05) is 17.7 Å². The van der Waals surface area contributed by atoms with Crippen LogP contribution in [0.2, 0.25) is 0 Å². The average molecular weight is 255 g/mol. The van der Waals surface area contributed by atoms with E-state index in [0.717, 1.165) is 11.6 Å². The van der Waals surface area contributed by atoms with Crippen LogP contribution in [0.15, 0.2) is 4.99 Å². The van der Waals surface area contributed by atoms with Gasteiger partial charge in [0.1, 0.15) is 6.04 Å². The molecule has 2 aliphatic rings. The van der Waals surface area contributed by atoms with E-state index >= 15 is 0 Å². The molecule has 17 heavy (non-hydrogen) atoms. The number of amidine groups is 1. The van der Waals surface area contributed by atoms with Crippen LogP contribution in [-0.2, 0) is 9.59 Å². The predicted octanol–water partition coefficient (Wildman–Crippen LogP) is 0.651. The fourth-order valence-electron chi connectivity index (χ4n) is 2.05. The minimum absolute atomic E-state index is 0.197. The van der Waals surface area contributed by atoms with Gasteiger partial charge in [-0.1, -0.05) is 18.7 Å². The molecule has 3 unspecified atom stereocenters. The van der Waals surface area contributed by atoms with Gasteiger partial charge in [-0.3, -0.25) is 14.9 Å². The van der Waals surface area contributed by atoms with Gasteiger partial charge in [0.15, 0.2) is 5.17 Å². The van der Waals surface area contributed by atoms with E-state index in [1.165, 1.54) is 0 Å². The normalized spacial score (nSPS) is 36.6. The molecule has 0 radical (unpaired) electrons. The van der Waals surface area contributed by atoms with Crippen LogP contribution in [0.5, 0.6) is 0 Å². The first-order chi connectivity index (χ1) is 8.04. The third-order valence-electron chi connectivity index (χ3n) is 2.85. The lowest BCUT2D eigenvalue weighted by Gasteiger charge is -2.28. The van der Waals surface area contributed by atoms with Crippen LogP contribution in [0.1, 0.15) is 33.1 Å². The molecule has 2 heterocycles. The highest BCUT2D eigenvalue weighted by Crippen LogP contribution is 2.23. The predicted molar refractivity (Wildman–Crippen MR) is 67.9 cm³/mol. The number of thioether (sulfide) groups is 1. The van der Waals surface area contributed by atoms with Gasteiger partial charge >= 0.3 is 0 Å². The van der Waals surface area contributed by atoms with Crippen molar-refractivity contribution >= 4 is 28.7 Å². The number of piperidine rings is 1. The van der Waals surface area contributed by atoms with E-state index in [1.807, 2.05) is 0 Å². The fraction of sp³-hybridized carbons (Fsp3) is 0.727. The Balaban J connectivity index is 2.03. The highest BCUT2D eigenvalue weighted by atomic mass is 32.2. The minimum atomic E-state index is -0.416. The average Bonchev–Trinajstić information content (AvgIpc) is 2.21. The number of nitrogens with one attached hydrogen (secondary N) is 2. The topological polar surface area (TPSA) is 70.6 Å². The molecule has 2 aliphatic heterocycles. The lowest BCUT2D eigenvalue weighted by Crippen LogP contribution is -2.45. The van der Waals surface area contributed by atoms with E-state index in [1.54, 1.807) is 11.8 Å². The zero-order valence-electron chi connectivity index (χ0n) is 10.0. The summed E-state index contributed by atoms with van der Waals surface area (Å²) in [5.41, 5.74) is 0. The third kappa shape index (κ3) is 3.21. The van der Waals surface area contributed by atoms with Gasteiger partial charge in [-0.25, -0.2) is 4.99 Å². The number of hydrogen-bond acceptors (Lipinski definition) is 4. The van der Waals surface area contributed by atoms with Crippen LogP contribution in [0.25, 0.3) is 0 Å². The van der Waals surface area contributed by atoms with Gasteiger partial charge < -0.3 is 5.32 Å². The maximum Gasteiger partial charge on any atom is 0.251 e. The van der Waals surface area contributed by atoms with Crippen LogP contribution in [0.4, 0.5) is 0 Å². The molecular weight excluding hydrogens is 238 g/mol. The molecule has 5 nitrogen and oxygen atoms in total. The molecule has 0 aromatic rings. The number of carbonyl (C=O) groups is 2. The van der Waals surface area contributed by atoms with Crippen LogP contribution in [0, 0.1) is 0 Å². The first kappa shape index (κ1) is 12.4. The van der Waals surface area contributed by atoms with Crippen molar-refractivity contribution in [3.05, 3.63) is 0 Å². The summed E-state index contributed by atoms with van der Waals surface area (Å²) < 4.78 is 0. The molecule has 0 aliphatic carbocycles. The molecule has 94 valence electrons. The van der Waals surface area contributed by atoms with Crippen molar-refractivity contribution in [3.63, 3.8) is 0 Å². The van der Waals surface area contributed by atoms with Gasteiger partial charge in [-0.15, -0.1) is 0 Å². The lowest BCUT2D eigenvalue weighted by atomic mass is 10.1. The second kappa shape index (κ2) is 5.08. The zero-order valence-corrected chi connectivity index (χ0v) is 10.8. The van der Waals surface area contributed by atoms with Gasteiger partial charge in [-0.2, -0.15) is 0 Å². The number of carbonyl (C=O) groups excluding carboxylic acids is 2. The van der Waals surface area contributed by atoms with E-state index < -0.39 is 6.04 Å². The maximum absolute atomic E-state index is 11.6. The van der Waals surface area contributed by atoms with Gasteiger partial charge in [0.2, 0.25) is 5.91 Å². The quantitative estimate of drug-likeness (QED) is 0.675. The van der Waals surface area contributed by atoms with Gasteiger partial charge in [-0.05, 0) is 19.8 Å². The summed E-state index contributed by atoms with van der Waals surface area (Å²) >= 11 is 1.66. The smallest absolute Gasteiger partial charge is 0.251 e. The number of hydrogen-bond donors (Lipinski definition) is 2. The molecule has 0 bridgehead atoms. The monoisotopic (exact) mass is 255 g/mol. The molecule has 2 saturated heterocycles. The molecule has 2 amide bonds. The molecule has 6 heteroatoms. The second-order valence-corrected chi connectivity index (χ2v) is 6.04. The Labute approximate surface area is 105 Å². The summed E-state index contributed by atoms with van der Waals surface area (Å²) in [7, 11) is 0. The van der Waals surface area contributed by atoms with Gasteiger partial charge in [0.25, 0.3) is 5.91 Å². The molecular formula is C11H17N3O2S. The SMILES string of the molecule is CC1CC(C)SC(=NC2CCC(=O)NC2=O)N1. The molecule has 3 atom stereocenters. The molecule has 2 N–H and O–H groups in total. The summed E-state index contributed by atoms with van der Waals surface area (Å²) in [4.78, 5) is 27.0. The van der Waals surface area contributed by atoms with E-state index in [0.29, 0.717) is 24.1 Å². The molecule has 0 aromatic carbocycles. The molecule has 0 spiro atoms. The van der Waals surface area contributed by atoms with E-state index in [2.05, 4.69) is 29.5 Å². The summed E-state index contributed by atoms with van der Waals surface area (Å²) in [6.07, 6.45) is 1.99. The van der Waals surface area contributed by atoms with Gasteiger partial charge in [0.05, 0.1) is 0 Å². The summed E-state index contributed by atoms with van der Waals surface area (Å²) in [5.74, 6) is -0.473. The van der Waals surface area contributed by atoms with Crippen LogP contribution in [0.3, 0.4) is 0 Å².